The summed E-state index contributed by atoms with van der Waals surface area (Å²) in [4.78, 5) is 30.1. The van der Waals surface area contributed by atoms with Gasteiger partial charge >= 0.3 is 0 Å². The molecule has 7 heteroatoms. The van der Waals surface area contributed by atoms with Gasteiger partial charge in [0.05, 0.1) is 24.6 Å². The number of fused-ring (bicyclic) bond motifs is 4. The molecule has 0 bridgehead atoms. The first-order valence-corrected chi connectivity index (χ1v) is 9.56. The summed E-state index contributed by atoms with van der Waals surface area (Å²) >= 11 is 0. The van der Waals surface area contributed by atoms with Crippen molar-refractivity contribution in [3.05, 3.63) is 75.5 Å². The van der Waals surface area contributed by atoms with Gasteiger partial charge in [0.25, 0.3) is 5.56 Å². The summed E-state index contributed by atoms with van der Waals surface area (Å²) in [6, 6.07) is 11.3. The van der Waals surface area contributed by atoms with Gasteiger partial charge in [-0.1, -0.05) is 24.3 Å². The van der Waals surface area contributed by atoms with Crippen LogP contribution in [0.5, 0.6) is 0 Å². The van der Waals surface area contributed by atoms with Gasteiger partial charge in [-0.25, -0.2) is 4.39 Å². The van der Waals surface area contributed by atoms with Crippen molar-refractivity contribution in [1.82, 2.24) is 9.88 Å². The third kappa shape index (κ3) is 2.89. The lowest BCUT2D eigenvalue weighted by atomic mass is 9.95. The standard InChI is InChI=1S/C22H20FN3O3/c1-26(22(28)17-8-12-4-2-3-5-16(12)24-17)19-11-29-10-18-20(19)14-7-6-13(23)9-15(14)21(27)25-18/h2-7,9,17,19,24H,8,10-11H2,1H3,(H,25,27). The molecule has 0 saturated heterocycles. The molecule has 2 atom stereocenters. The van der Waals surface area contributed by atoms with Gasteiger partial charge in [0.15, 0.2) is 0 Å². The second-order valence-electron chi connectivity index (χ2n) is 7.57. The van der Waals surface area contributed by atoms with E-state index in [9.17, 15) is 14.0 Å². The van der Waals surface area contributed by atoms with Gasteiger partial charge in [-0.05, 0) is 29.1 Å². The Morgan fingerprint density at radius 3 is 2.86 bits per heavy atom. The highest BCUT2D eigenvalue weighted by molar-refractivity contribution is 5.90. The number of anilines is 1. The molecule has 0 radical (unpaired) electrons. The summed E-state index contributed by atoms with van der Waals surface area (Å²) < 4.78 is 19.4. The predicted molar refractivity (Wildman–Crippen MR) is 107 cm³/mol. The van der Waals surface area contributed by atoms with Crippen molar-refractivity contribution in [3.8, 4) is 0 Å². The summed E-state index contributed by atoms with van der Waals surface area (Å²) in [5.41, 5.74) is 3.18. The molecular weight excluding hydrogens is 373 g/mol. The smallest absolute Gasteiger partial charge is 0.256 e. The van der Waals surface area contributed by atoms with Gasteiger partial charge in [-0.2, -0.15) is 0 Å². The Bertz CT molecular complexity index is 1160. The van der Waals surface area contributed by atoms with E-state index in [1.54, 1.807) is 18.0 Å². The lowest BCUT2D eigenvalue weighted by Crippen LogP contribution is -2.44. The highest BCUT2D eigenvalue weighted by Crippen LogP contribution is 2.34. The molecule has 0 spiro atoms. The summed E-state index contributed by atoms with van der Waals surface area (Å²) in [7, 11) is 1.75. The first kappa shape index (κ1) is 17.9. The van der Waals surface area contributed by atoms with Crippen LogP contribution in [0.25, 0.3) is 10.8 Å². The zero-order valence-electron chi connectivity index (χ0n) is 15.9. The summed E-state index contributed by atoms with van der Waals surface area (Å²) in [5.74, 6) is -0.520. The van der Waals surface area contributed by atoms with Gasteiger partial charge in [0, 0.05) is 30.4 Å². The van der Waals surface area contributed by atoms with Crippen LogP contribution in [0.2, 0.25) is 0 Å². The van der Waals surface area contributed by atoms with Crippen LogP contribution in [0.15, 0.2) is 47.3 Å². The molecule has 2 N–H and O–H groups in total. The van der Waals surface area contributed by atoms with E-state index in [0.29, 0.717) is 24.1 Å². The maximum Gasteiger partial charge on any atom is 0.256 e. The molecule has 2 aromatic carbocycles. The van der Waals surface area contributed by atoms with Crippen LogP contribution in [0.3, 0.4) is 0 Å². The number of aromatic nitrogens is 1. The van der Waals surface area contributed by atoms with E-state index >= 15 is 0 Å². The number of nitrogens with one attached hydrogen (secondary N) is 2. The number of likely N-dealkylation sites (N-methyl/N-ethyl adjacent to an activating group) is 1. The van der Waals surface area contributed by atoms with Crippen LogP contribution in [0.1, 0.15) is 22.9 Å². The highest BCUT2D eigenvalue weighted by atomic mass is 19.1. The number of carbonyl (C=O) groups excluding carboxylic acids is 1. The molecule has 1 amide bonds. The summed E-state index contributed by atoms with van der Waals surface area (Å²) in [6.45, 7) is 0.566. The van der Waals surface area contributed by atoms with Crippen molar-refractivity contribution in [1.29, 1.82) is 0 Å². The molecule has 29 heavy (non-hydrogen) atoms. The molecule has 2 aliphatic heterocycles. The van der Waals surface area contributed by atoms with Crippen LogP contribution >= 0.6 is 0 Å². The van der Waals surface area contributed by atoms with Crippen molar-refractivity contribution in [3.63, 3.8) is 0 Å². The molecular formula is C22H20FN3O3. The normalized spacial score (nSPS) is 20.1. The average Bonchev–Trinajstić information content (AvgIpc) is 3.16. The second kappa shape index (κ2) is 6.70. The minimum atomic E-state index is -0.469. The molecule has 6 nitrogen and oxygen atoms in total. The number of pyridine rings is 1. The first-order chi connectivity index (χ1) is 14.0. The molecule has 0 fully saturated rings. The van der Waals surface area contributed by atoms with E-state index in [-0.39, 0.29) is 35.5 Å². The van der Waals surface area contributed by atoms with Crippen molar-refractivity contribution < 1.29 is 13.9 Å². The van der Waals surface area contributed by atoms with Crippen molar-refractivity contribution in [2.75, 3.05) is 19.0 Å². The fraction of sp³-hybridized carbons (Fsp3) is 0.273. The molecule has 148 valence electrons. The molecule has 0 aliphatic carbocycles. The Balaban J connectivity index is 1.52. The molecule has 0 saturated carbocycles. The lowest BCUT2D eigenvalue weighted by molar-refractivity contribution is -0.134. The second-order valence-corrected chi connectivity index (χ2v) is 7.57. The number of halogens is 1. The van der Waals surface area contributed by atoms with Crippen molar-refractivity contribution >= 4 is 22.4 Å². The van der Waals surface area contributed by atoms with Gasteiger partial charge in [-0.15, -0.1) is 0 Å². The Morgan fingerprint density at radius 2 is 2.03 bits per heavy atom. The fourth-order valence-corrected chi connectivity index (χ4v) is 4.38. The number of para-hydroxylation sites is 1. The van der Waals surface area contributed by atoms with Gasteiger partial charge in [-0.3, -0.25) is 9.59 Å². The Kier molecular flexibility index (Phi) is 4.13. The Hall–Kier alpha value is -3.19. The Labute approximate surface area is 166 Å². The van der Waals surface area contributed by atoms with Crippen LogP contribution in [-0.4, -0.2) is 35.5 Å². The third-order valence-electron chi connectivity index (χ3n) is 5.85. The number of hydrogen-bond donors (Lipinski definition) is 2. The fourth-order valence-electron chi connectivity index (χ4n) is 4.38. The van der Waals surface area contributed by atoms with Crippen LogP contribution < -0.4 is 10.9 Å². The molecule has 3 heterocycles. The van der Waals surface area contributed by atoms with E-state index < -0.39 is 5.82 Å². The van der Waals surface area contributed by atoms with Crippen LogP contribution in [0.4, 0.5) is 10.1 Å². The minimum Gasteiger partial charge on any atom is -0.373 e. The quantitative estimate of drug-likeness (QED) is 0.702. The minimum absolute atomic E-state index is 0.0517. The number of aromatic amines is 1. The zero-order valence-corrected chi connectivity index (χ0v) is 15.9. The third-order valence-corrected chi connectivity index (χ3v) is 5.85. The number of hydrogen-bond acceptors (Lipinski definition) is 4. The number of H-pyrrole nitrogens is 1. The topological polar surface area (TPSA) is 74.4 Å². The maximum atomic E-state index is 13.7. The molecule has 5 rings (SSSR count). The number of nitrogens with zero attached hydrogens (tertiary/aromatic N) is 1. The molecule has 1 aromatic heterocycles. The van der Waals surface area contributed by atoms with Gasteiger partial charge in [0.1, 0.15) is 11.9 Å². The summed E-state index contributed by atoms with van der Waals surface area (Å²) in [5, 5.41) is 4.23. The average molecular weight is 393 g/mol. The van der Waals surface area contributed by atoms with Crippen molar-refractivity contribution in [2.45, 2.75) is 25.1 Å². The predicted octanol–water partition coefficient (Wildman–Crippen LogP) is 2.73. The van der Waals surface area contributed by atoms with E-state index in [2.05, 4.69) is 10.3 Å². The molecule has 2 unspecified atom stereocenters. The number of rotatable bonds is 2. The van der Waals surface area contributed by atoms with Crippen LogP contribution in [0, 0.1) is 5.82 Å². The van der Waals surface area contributed by atoms with E-state index in [1.807, 2.05) is 24.3 Å². The largest absolute Gasteiger partial charge is 0.373 e. The maximum absolute atomic E-state index is 13.7. The number of carbonyl (C=O) groups is 1. The lowest BCUT2D eigenvalue weighted by Gasteiger charge is -2.35. The summed E-state index contributed by atoms with van der Waals surface area (Å²) in [6.07, 6.45) is 0.622. The number of amides is 1. The first-order valence-electron chi connectivity index (χ1n) is 9.56. The highest BCUT2D eigenvalue weighted by Gasteiger charge is 2.35. The number of ether oxygens (including phenoxy) is 1. The van der Waals surface area contributed by atoms with Gasteiger partial charge < -0.3 is 19.9 Å². The van der Waals surface area contributed by atoms with Crippen LogP contribution in [-0.2, 0) is 22.6 Å². The monoisotopic (exact) mass is 393 g/mol. The van der Waals surface area contributed by atoms with Crippen molar-refractivity contribution in [2.24, 2.45) is 0 Å². The van der Waals surface area contributed by atoms with E-state index in [4.69, 9.17) is 4.74 Å². The Morgan fingerprint density at radius 1 is 1.21 bits per heavy atom. The zero-order chi connectivity index (χ0) is 20.1. The van der Waals surface area contributed by atoms with Gasteiger partial charge in [0.2, 0.25) is 5.91 Å². The SMILES string of the molecule is CN(C(=O)C1Cc2ccccc2N1)C1COCc2[nH]c(=O)c3cc(F)ccc3c21. The van der Waals surface area contributed by atoms with E-state index in [1.165, 1.54) is 12.1 Å². The molecule has 2 aliphatic rings. The number of benzene rings is 2. The van der Waals surface area contributed by atoms with E-state index in [0.717, 1.165) is 16.8 Å². The molecule has 3 aromatic rings.